The van der Waals surface area contributed by atoms with Gasteiger partial charge in [-0.3, -0.25) is 4.90 Å². The molecule has 1 rings (SSSR count). The molecular formula is C10H20N4O. The van der Waals surface area contributed by atoms with Crippen LogP contribution in [-0.2, 0) is 4.74 Å². The zero-order valence-electron chi connectivity index (χ0n) is 9.81. The fourth-order valence-electron chi connectivity index (χ4n) is 2.17. The molecular weight excluding hydrogens is 192 g/mol. The van der Waals surface area contributed by atoms with Crippen molar-refractivity contribution in [2.75, 3.05) is 26.2 Å². The third-order valence-corrected chi connectivity index (χ3v) is 2.44. The lowest BCUT2D eigenvalue weighted by Gasteiger charge is -2.41. The minimum absolute atomic E-state index is 0.0594. The van der Waals surface area contributed by atoms with Crippen molar-refractivity contribution >= 4 is 0 Å². The van der Waals surface area contributed by atoms with Crippen LogP contribution >= 0.6 is 0 Å². The van der Waals surface area contributed by atoms with E-state index >= 15 is 0 Å². The summed E-state index contributed by atoms with van der Waals surface area (Å²) in [7, 11) is 0. The topological polar surface area (TPSA) is 61.2 Å². The van der Waals surface area contributed by atoms with Crippen LogP contribution in [0.15, 0.2) is 5.11 Å². The maximum absolute atomic E-state index is 8.15. The second-order valence-corrected chi connectivity index (χ2v) is 4.73. The van der Waals surface area contributed by atoms with Crippen molar-refractivity contribution in [3.8, 4) is 0 Å². The highest BCUT2D eigenvalue weighted by Gasteiger charge is 2.30. The van der Waals surface area contributed by atoms with E-state index in [1.54, 1.807) is 0 Å². The Kier molecular flexibility index (Phi) is 4.39. The van der Waals surface area contributed by atoms with Crippen molar-refractivity contribution in [2.45, 2.75) is 38.9 Å². The minimum atomic E-state index is -0.0594. The molecule has 0 bridgehead atoms. The van der Waals surface area contributed by atoms with Gasteiger partial charge in [0, 0.05) is 24.5 Å². The third-order valence-electron chi connectivity index (χ3n) is 2.44. The van der Waals surface area contributed by atoms with Crippen LogP contribution in [0.2, 0.25) is 0 Å². The molecule has 0 aromatic rings. The van der Waals surface area contributed by atoms with Gasteiger partial charge in [-0.1, -0.05) is 5.11 Å². The summed E-state index contributed by atoms with van der Waals surface area (Å²) in [5, 5.41) is 3.53. The van der Waals surface area contributed by atoms with Crippen LogP contribution in [0.25, 0.3) is 10.4 Å². The van der Waals surface area contributed by atoms with Gasteiger partial charge < -0.3 is 4.74 Å². The molecule has 1 unspecified atom stereocenters. The first-order chi connectivity index (χ1) is 7.03. The number of hydrogen-bond donors (Lipinski definition) is 0. The van der Waals surface area contributed by atoms with Crippen LogP contribution < -0.4 is 0 Å². The van der Waals surface area contributed by atoms with Gasteiger partial charge in [0.25, 0.3) is 0 Å². The molecule has 5 nitrogen and oxygen atoms in total. The maximum Gasteiger partial charge on any atom is 0.0757 e. The SMILES string of the molecule is CC1CN(CCCN=[N+]=[N-])CC(C)(C)O1. The molecule has 0 aromatic heterocycles. The van der Waals surface area contributed by atoms with Crippen LogP contribution in [-0.4, -0.2) is 42.8 Å². The van der Waals surface area contributed by atoms with Gasteiger partial charge in [-0.15, -0.1) is 0 Å². The van der Waals surface area contributed by atoms with E-state index in [2.05, 4.69) is 35.7 Å². The Bertz CT molecular complexity index is 248. The predicted molar refractivity (Wildman–Crippen MR) is 59.7 cm³/mol. The number of ether oxygens (including phenoxy) is 1. The lowest BCUT2D eigenvalue weighted by Crippen LogP contribution is -2.52. The van der Waals surface area contributed by atoms with Gasteiger partial charge in [0.2, 0.25) is 0 Å². The van der Waals surface area contributed by atoms with E-state index in [9.17, 15) is 0 Å². The number of hydrogen-bond acceptors (Lipinski definition) is 3. The molecule has 1 aliphatic rings. The largest absolute Gasteiger partial charge is 0.370 e. The van der Waals surface area contributed by atoms with Gasteiger partial charge in [0.05, 0.1) is 11.7 Å². The van der Waals surface area contributed by atoms with Crippen molar-refractivity contribution in [3.05, 3.63) is 10.4 Å². The Hall–Kier alpha value is -0.770. The van der Waals surface area contributed by atoms with Crippen molar-refractivity contribution < 1.29 is 4.74 Å². The van der Waals surface area contributed by atoms with Gasteiger partial charge in [-0.25, -0.2) is 0 Å². The zero-order chi connectivity index (χ0) is 11.3. The summed E-state index contributed by atoms with van der Waals surface area (Å²) in [6.45, 7) is 9.82. The third kappa shape index (κ3) is 4.51. The summed E-state index contributed by atoms with van der Waals surface area (Å²) in [6.07, 6.45) is 1.21. The van der Waals surface area contributed by atoms with Gasteiger partial charge in [0.15, 0.2) is 0 Å². The summed E-state index contributed by atoms with van der Waals surface area (Å²) in [6, 6.07) is 0. The summed E-state index contributed by atoms with van der Waals surface area (Å²) in [5.74, 6) is 0. The summed E-state index contributed by atoms with van der Waals surface area (Å²) < 4.78 is 5.81. The maximum atomic E-state index is 8.15. The molecule has 1 aliphatic heterocycles. The number of morpholine rings is 1. The molecule has 1 saturated heterocycles. The second kappa shape index (κ2) is 5.35. The molecule has 0 radical (unpaired) electrons. The van der Waals surface area contributed by atoms with E-state index in [-0.39, 0.29) is 11.7 Å². The Morgan fingerprint density at radius 2 is 2.33 bits per heavy atom. The highest BCUT2D eigenvalue weighted by molar-refractivity contribution is 4.82. The zero-order valence-corrected chi connectivity index (χ0v) is 9.81. The van der Waals surface area contributed by atoms with Crippen molar-refractivity contribution in [1.29, 1.82) is 0 Å². The first kappa shape index (κ1) is 12.3. The monoisotopic (exact) mass is 212 g/mol. The lowest BCUT2D eigenvalue weighted by molar-refractivity contribution is -0.128. The van der Waals surface area contributed by atoms with Crippen LogP contribution in [0.3, 0.4) is 0 Å². The molecule has 15 heavy (non-hydrogen) atoms. The van der Waals surface area contributed by atoms with Crippen LogP contribution in [0.5, 0.6) is 0 Å². The van der Waals surface area contributed by atoms with Crippen molar-refractivity contribution in [3.63, 3.8) is 0 Å². The van der Waals surface area contributed by atoms with E-state index in [1.807, 2.05) is 0 Å². The second-order valence-electron chi connectivity index (χ2n) is 4.73. The van der Waals surface area contributed by atoms with Gasteiger partial charge in [-0.2, -0.15) is 0 Å². The van der Waals surface area contributed by atoms with Crippen LogP contribution in [0.1, 0.15) is 27.2 Å². The normalized spacial score (nSPS) is 25.9. The molecule has 86 valence electrons. The first-order valence-corrected chi connectivity index (χ1v) is 5.44. The molecule has 0 aliphatic carbocycles. The Labute approximate surface area is 91.0 Å². The first-order valence-electron chi connectivity index (χ1n) is 5.44. The number of azide groups is 1. The average Bonchev–Trinajstić information content (AvgIpc) is 2.09. The van der Waals surface area contributed by atoms with Crippen LogP contribution in [0, 0.1) is 0 Å². The highest BCUT2D eigenvalue weighted by Crippen LogP contribution is 2.20. The van der Waals surface area contributed by atoms with Crippen LogP contribution in [0.4, 0.5) is 0 Å². The van der Waals surface area contributed by atoms with Crippen molar-refractivity contribution in [2.24, 2.45) is 5.11 Å². The lowest BCUT2D eigenvalue weighted by atomic mass is 10.1. The minimum Gasteiger partial charge on any atom is -0.370 e. The quantitative estimate of drug-likeness (QED) is 0.310. The molecule has 1 fully saturated rings. The summed E-state index contributed by atoms with van der Waals surface area (Å²) in [5.41, 5.74) is 8.09. The van der Waals surface area contributed by atoms with Crippen molar-refractivity contribution in [1.82, 2.24) is 4.90 Å². The fraction of sp³-hybridized carbons (Fsp3) is 1.00. The smallest absolute Gasteiger partial charge is 0.0757 e. The average molecular weight is 212 g/mol. The molecule has 1 heterocycles. The van der Waals surface area contributed by atoms with E-state index in [0.717, 1.165) is 26.1 Å². The Morgan fingerprint density at radius 3 is 2.93 bits per heavy atom. The highest BCUT2D eigenvalue weighted by atomic mass is 16.5. The van der Waals surface area contributed by atoms with E-state index < -0.39 is 0 Å². The Balaban J connectivity index is 2.32. The van der Waals surface area contributed by atoms with E-state index in [1.165, 1.54) is 0 Å². The molecule has 5 heteroatoms. The molecule has 0 N–H and O–H groups in total. The Morgan fingerprint density at radius 1 is 1.60 bits per heavy atom. The predicted octanol–water partition coefficient (Wildman–Crippen LogP) is 2.19. The van der Waals surface area contributed by atoms with Gasteiger partial charge in [0.1, 0.15) is 0 Å². The summed E-state index contributed by atoms with van der Waals surface area (Å²) in [4.78, 5) is 5.12. The molecule has 1 atom stereocenters. The van der Waals surface area contributed by atoms with E-state index in [4.69, 9.17) is 10.3 Å². The fourth-order valence-corrected chi connectivity index (χ4v) is 2.17. The van der Waals surface area contributed by atoms with Gasteiger partial charge in [-0.05, 0) is 39.3 Å². The number of rotatable bonds is 4. The molecule has 0 aromatic carbocycles. The summed E-state index contributed by atoms with van der Waals surface area (Å²) >= 11 is 0. The molecule has 0 saturated carbocycles. The standard InChI is InChI=1S/C10H20N4O/c1-9-7-14(6-4-5-12-13-11)8-10(2,3)15-9/h9H,4-8H2,1-3H3. The molecule has 0 spiro atoms. The van der Waals surface area contributed by atoms with Gasteiger partial charge >= 0.3 is 0 Å². The van der Waals surface area contributed by atoms with E-state index in [0.29, 0.717) is 6.54 Å². The molecule has 0 amide bonds. The number of nitrogens with zero attached hydrogens (tertiary/aromatic N) is 4.